The van der Waals surface area contributed by atoms with Crippen molar-refractivity contribution < 1.29 is 4.79 Å². The molecule has 25 heavy (non-hydrogen) atoms. The van der Waals surface area contributed by atoms with Gasteiger partial charge in [-0.25, -0.2) is 0 Å². The summed E-state index contributed by atoms with van der Waals surface area (Å²) in [7, 11) is 0. The molecule has 3 aromatic rings. The Morgan fingerprint density at radius 1 is 0.680 bits per heavy atom. The third-order valence-electron chi connectivity index (χ3n) is 3.22. The predicted molar refractivity (Wildman–Crippen MR) is 105 cm³/mol. The van der Waals surface area contributed by atoms with Gasteiger partial charge in [-0.2, -0.15) is 0 Å². The molecule has 0 spiro atoms. The number of nitrogens with zero attached hydrogens (tertiary/aromatic N) is 1. The topological polar surface area (TPSA) is 53.5 Å². The molecule has 0 radical (unpaired) electrons. The molecule has 1 amide bonds. The molecule has 0 aliphatic heterocycles. The van der Waals surface area contributed by atoms with Gasteiger partial charge in [-0.1, -0.05) is 0 Å². The second kappa shape index (κ2) is 8.83. The van der Waals surface area contributed by atoms with E-state index in [1.54, 1.807) is 0 Å². The number of hydrogen-bond acceptors (Lipinski definition) is 2. The van der Waals surface area contributed by atoms with Crippen LogP contribution in [0.2, 0.25) is 0 Å². The molecule has 0 heterocycles. The van der Waals surface area contributed by atoms with Crippen molar-refractivity contribution in [2.45, 2.75) is 0 Å². The average molecular weight is 394 g/mol. The van der Waals surface area contributed by atoms with E-state index in [0.29, 0.717) is 4.73 Å². The molecule has 0 unspecified atom stereocenters. The molecular formula is C20H17N3OSe. The summed E-state index contributed by atoms with van der Waals surface area (Å²) in [5.41, 5.74) is 2.51. The first-order chi connectivity index (χ1) is 12.3. The van der Waals surface area contributed by atoms with Crippen molar-refractivity contribution in [3.63, 3.8) is 0 Å². The van der Waals surface area contributed by atoms with Gasteiger partial charge in [0.1, 0.15) is 0 Å². The summed E-state index contributed by atoms with van der Waals surface area (Å²) in [5.74, 6) is 0. The number of rotatable bonds is 5. The van der Waals surface area contributed by atoms with Crippen molar-refractivity contribution in [1.29, 1.82) is 0 Å². The zero-order chi connectivity index (χ0) is 17.3. The van der Waals surface area contributed by atoms with Gasteiger partial charge < -0.3 is 0 Å². The van der Waals surface area contributed by atoms with Crippen LogP contribution < -0.4 is 10.6 Å². The molecule has 124 valence electrons. The number of nitrogens with one attached hydrogen (secondary N) is 2. The maximum atomic E-state index is 12.4. The monoisotopic (exact) mass is 395 g/mol. The predicted octanol–water partition coefficient (Wildman–Crippen LogP) is 4.72. The summed E-state index contributed by atoms with van der Waals surface area (Å²) in [4.78, 5) is 16.9. The Morgan fingerprint density at radius 2 is 1.16 bits per heavy atom. The SMILES string of the molecule is O=C(Nc1ccccc1)[Se]C(=Nc1ccccc1)Nc1ccccc1. The van der Waals surface area contributed by atoms with E-state index in [4.69, 9.17) is 0 Å². The number of aliphatic imine (C=N–C) groups is 1. The quantitative estimate of drug-likeness (QED) is 0.374. The van der Waals surface area contributed by atoms with E-state index >= 15 is 0 Å². The van der Waals surface area contributed by atoms with Crippen molar-refractivity contribution in [1.82, 2.24) is 0 Å². The van der Waals surface area contributed by atoms with E-state index in [2.05, 4.69) is 15.6 Å². The van der Waals surface area contributed by atoms with Gasteiger partial charge in [0, 0.05) is 0 Å². The van der Waals surface area contributed by atoms with Crippen molar-refractivity contribution >= 4 is 41.6 Å². The van der Waals surface area contributed by atoms with Crippen LogP contribution in [0.15, 0.2) is 96.0 Å². The Labute approximate surface area is 153 Å². The number of benzene rings is 3. The molecule has 0 fully saturated rings. The molecule has 0 atom stereocenters. The van der Waals surface area contributed by atoms with Crippen molar-refractivity contribution in [3.05, 3.63) is 91.0 Å². The van der Waals surface area contributed by atoms with Gasteiger partial charge in [0.25, 0.3) is 0 Å². The van der Waals surface area contributed by atoms with Gasteiger partial charge in [-0.15, -0.1) is 0 Å². The first kappa shape index (κ1) is 17.0. The first-order valence-corrected chi connectivity index (χ1v) is 9.50. The third kappa shape index (κ3) is 5.60. The number of hydrogen-bond donors (Lipinski definition) is 2. The summed E-state index contributed by atoms with van der Waals surface area (Å²) < 4.78 is 0.651. The summed E-state index contributed by atoms with van der Waals surface area (Å²) >= 11 is -0.498. The fraction of sp³-hybridized carbons (Fsp3) is 0. The molecule has 0 bridgehead atoms. The Morgan fingerprint density at radius 3 is 1.72 bits per heavy atom. The summed E-state index contributed by atoms with van der Waals surface area (Å²) in [6.45, 7) is 0. The van der Waals surface area contributed by atoms with Crippen LogP contribution in [0.5, 0.6) is 0 Å². The molecule has 0 aliphatic rings. The number of carbonyl (C=O) groups is 1. The van der Waals surface area contributed by atoms with Crippen LogP contribution in [-0.4, -0.2) is 24.5 Å². The minimum atomic E-state index is -0.498. The first-order valence-electron chi connectivity index (χ1n) is 7.79. The Bertz CT molecular complexity index is 837. The fourth-order valence-corrected chi connectivity index (χ4v) is 3.49. The molecule has 3 aromatic carbocycles. The van der Waals surface area contributed by atoms with Crippen molar-refractivity contribution in [2.75, 3.05) is 10.6 Å². The van der Waals surface area contributed by atoms with E-state index in [1.807, 2.05) is 91.0 Å². The van der Waals surface area contributed by atoms with Crippen molar-refractivity contribution in [3.8, 4) is 0 Å². The van der Waals surface area contributed by atoms with Crippen LogP contribution in [0.25, 0.3) is 0 Å². The molecule has 0 aromatic heterocycles. The zero-order valence-corrected chi connectivity index (χ0v) is 15.1. The van der Waals surface area contributed by atoms with Crippen LogP contribution in [0, 0.1) is 0 Å². The number of anilines is 2. The summed E-state index contributed by atoms with van der Waals surface area (Å²) in [5, 5.41) is 6.17. The van der Waals surface area contributed by atoms with Crippen LogP contribution in [0.4, 0.5) is 21.9 Å². The summed E-state index contributed by atoms with van der Waals surface area (Å²) in [6.07, 6.45) is 0. The molecule has 2 N–H and O–H groups in total. The Kier molecular flexibility index (Phi) is 5.99. The molecule has 0 aliphatic carbocycles. The van der Waals surface area contributed by atoms with Gasteiger partial charge in [-0.3, -0.25) is 0 Å². The maximum absolute atomic E-state index is 12.4. The van der Waals surface area contributed by atoms with Crippen LogP contribution in [-0.2, 0) is 0 Å². The fourth-order valence-electron chi connectivity index (χ4n) is 2.09. The van der Waals surface area contributed by atoms with E-state index in [-0.39, 0.29) is 4.81 Å². The molecule has 0 saturated heterocycles. The van der Waals surface area contributed by atoms with Crippen LogP contribution in [0.3, 0.4) is 0 Å². The van der Waals surface area contributed by atoms with Gasteiger partial charge in [-0.05, 0) is 0 Å². The second-order valence-electron chi connectivity index (χ2n) is 5.12. The number of para-hydroxylation sites is 3. The third-order valence-corrected chi connectivity index (χ3v) is 4.64. The Balaban J connectivity index is 1.76. The number of amidine groups is 1. The van der Waals surface area contributed by atoms with Gasteiger partial charge >= 0.3 is 153 Å². The van der Waals surface area contributed by atoms with E-state index < -0.39 is 15.0 Å². The van der Waals surface area contributed by atoms with Crippen LogP contribution in [0.1, 0.15) is 0 Å². The van der Waals surface area contributed by atoms with Gasteiger partial charge in [0.2, 0.25) is 0 Å². The van der Waals surface area contributed by atoms with E-state index in [9.17, 15) is 4.79 Å². The normalized spacial score (nSPS) is 11.0. The molecule has 3 rings (SSSR count). The molecular weight excluding hydrogens is 377 g/mol. The average Bonchev–Trinajstić information content (AvgIpc) is 2.64. The zero-order valence-electron chi connectivity index (χ0n) is 13.4. The van der Waals surface area contributed by atoms with E-state index in [1.165, 1.54) is 0 Å². The molecule has 0 saturated carbocycles. The van der Waals surface area contributed by atoms with Crippen LogP contribution >= 0.6 is 0 Å². The summed E-state index contributed by atoms with van der Waals surface area (Å²) in [6, 6.07) is 28.8. The Hall–Kier alpha value is -2.88. The van der Waals surface area contributed by atoms with Gasteiger partial charge in [0.15, 0.2) is 0 Å². The van der Waals surface area contributed by atoms with Gasteiger partial charge in [0.05, 0.1) is 0 Å². The minimum absolute atomic E-state index is 0.0585. The molecule has 4 nitrogen and oxygen atoms in total. The van der Waals surface area contributed by atoms with E-state index in [0.717, 1.165) is 17.1 Å². The standard InChI is InChI=1S/C20H17N3OSe/c24-20(23-18-14-8-3-9-15-18)25-19(21-16-10-4-1-5-11-16)22-17-12-6-2-7-13-17/h1-15H,(H,21,22)(H,23,24). The number of amides is 1. The second-order valence-corrected chi connectivity index (χ2v) is 7.14. The van der Waals surface area contributed by atoms with Crippen molar-refractivity contribution in [2.24, 2.45) is 4.99 Å². The number of carbonyl (C=O) groups excluding carboxylic acids is 1. The molecule has 5 heteroatoms.